The molecule has 34 heavy (non-hydrogen) atoms. The fourth-order valence-electron chi connectivity index (χ4n) is 4.31. The van der Waals surface area contributed by atoms with Crippen molar-refractivity contribution in [1.29, 1.82) is 0 Å². The lowest BCUT2D eigenvalue weighted by Gasteiger charge is -2.35. The van der Waals surface area contributed by atoms with Crippen LogP contribution in [-0.4, -0.2) is 64.0 Å². The fraction of sp³-hybridized carbons (Fsp3) is 0.360. The molecule has 9 nitrogen and oxygen atoms in total. The van der Waals surface area contributed by atoms with Crippen LogP contribution in [-0.2, 0) is 29.1 Å². The number of amides is 2. The van der Waals surface area contributed by atoms with Gasteiger partial charge in [0.05, 0.1) is 24.4 Å². The normalized spacial score (nSPS) is 13.8. The van der Waals surface area contributed by atoms with Crippen molar-refractivity contribution in [3.05, 3.63) is 74.9 Å². The van der Waals surface area contributed by atoms with Gasteiger partial charge >= 0.3 is 5.69 Å². The van der Waals surface area contributed by atoms with Crippen molar-refractivity contribution in [3.63, 3.8) is 0 Å². The molecule has 0 saturated carbocycles. The van der Waals surface area contributed by atoms with Gasteiger partial charge in [0, 0.05) is 32.7 Å². The molecule has 1 aliphatic heterocycles. The minimum absolute atomic E-state index is 0.00223. The predicted molar refractivity (Wildman–Crippen MR) is 128 cm³/mol. The molecular weight excluding hydrogens is 436 g/mol. The number of para-hydroxylation sites is 1. The number of piperazine rings is 1. The zero-order valence-electron chi connectivity index (χ0n) is 19.4. The Kier molecular flexibility index (Phi) is 6.81. The van der Waals surface area contributed by atoms with E-state index in [1.165, 1.54) is 4.57 Å². The number of nitrogens with zero attached hydrogens (tertiary/aromatic N) is 4. The predicted octanol–water partition coefficient (Wildman–Crippen LogP) is 1.11. The van der Waals surface area contributed by atoms with Gasteiger partial charge in [-0.3, -0.25) is 23.5 Å². The minimum Gasteiger partial charge on any atom is -0.497 e. The van der Waals surface area contributed by atoms with E-state index >= 15 is 0 Å². The van der Waals surface area contributed by atoms with Crippen molar-refractivity contribution < 1.29 is 14.3 Å². The molecule has 1 saturated heterocycles. The summed E-state index contributed by atoms with van der Waals surface area (Å²) in [5.41, 5.74) is 0.476. The van der Waals surface area contributed by atoms with E-state index in [1.54, 1.807) is 48.1 Å². The molecule has 0 spiro atoms. The van der Waals surface area contributed by atoms with E-state index in [0.717, 1.165) is 10.1 Å². The van der Waals surface area contributed by atoms with Crippen LogP contribution >= 0.6 is 0 Å². The summed E-state index contributed by atoms with van der Waals surface area (Å²) in [5.74, 6) is 0.490. The molecule has 1 aromatic heterocycles. The summed E-state index contributed by atoms with van der Waals surface area (Å²) < 4.78 is 7.72. The van der Waals surface area contributed by atoms with Gasteiger partial charge in [-0.15, -0.1) is 0 Å². The summed E-state index contributed by atoms with van der Waals surface area (Å²) in [6.45, 7) is 3.44. The van der Waals surface area contributed by atoms with Crippen molar-refractivity contribution in [2.24, 2.45) is 0 Å². The van der Waals surface area contributed by atoms with Crippen LogP contribution in [0.15, 0.2) is 58.1 Å². The van der Waals surface area contributed by atoms with Crippen LogP contribution in [0, 0.1) is 0 Å². The first-order valence-corrected chi connectivity index (χ1v) is 11.3. The average molecular weight is 465 g/mol. The number of aromatic nitrogens is 2. The molecule has 2 amide bonds. The largest absolute Gasteiger partial charge is 0.497 e. The third-order valence-electron chi connectivity index (χ3n) is 6.22. The van der Waals surface area contributed by atoms with Crippen molar-refractivity contribution in [3.8, 4) is 5.75 Å². The number of methoxy groups -OCH3 is 1. The molecule has 0 bridgehead atoms. The number of ether oxygens (including phenoxy) is 1. The van der Waals surface area contributed by atoms with E-state index in [9.17, 15) is 19.2 Å². The van der Waals surface area contributed by atoms with E-state index < -0.39 is 5.69 Å². The van der Waals surface area contributed by atoms with E-state index in [0.29, 0.717) is 42.8 Å². The maximum atomic E-state index is 13.0. The highest BCUT2D eigenvalue weighted by Gasteiger charge is 2.25. The fourth-order valence-corrected chi connectivity index (χ4v) is 4.31. The number of hydrogen-bond acceptors (Lipinski definition) is 5. The van der Waals surface area contributed by atoms with Crippen LogP contribution in [0.1, 0.15) is 12.5 Å². The zero-order chi connectivity index (χ0) is 24.2. The van der Waals surface area contributed by atoms with Gasteiger partial charge in [0.25, 0.3) is 5.56 Å². The molecule has 3 aromatic rings. The van der Waals surface area contributed by atoms with Crippen LogP contribution < -0.4 is 16.0 Å². The molecule has 178 valence electrons. The molecule has 1 aliphatic rings. The Bertz CT molecular complexity index is 1340. The van der Waals surface area contributed by atoms with Crippen LogP contribution in [0.5, 0.6) is 5.75 Å². The molecule has 2 heterocycles. The van der Waals surface area contributed by atoms with Crippen molar-refractivity contribution in [1.82, 2.24) is 18.9 Å². The zero-order valence-corrected chi connectivity index (χ0v) is 19.4. The maximum absolute atomic E-state index is 13.0. The number of hydrogen-bond donors (Lipinski definition) is 0. The van der Waals surface area contributed by atoms with E-state index in [-0.39, 0.29) is 36.9 Å². The van der Waals surface area contributed by atoms with Crippen LogP contribution in [0.25, 0.3) is 10.9 Å². The highest BCUT2D eigenvalue weighted by Crippen LogP contribution is 2.15. The van der Waals surface area contributed by atoms with Gasteiger partial charge in [-0.25, -0.2) is 4.79 Å². The first-order chi connectivity index (χ1) is 16.4. The number of carbonyl (C=O) groups excluding carboxylic acids is 2. The molecule has 0 unspecified atom stereocenters. The smallest absolute Gasteiger partial charge is 0.331 e. The standard InChI is InChI=1S/C25H28N4O5/c1-3-28-24(32)20-9-4-5-10-21(20)29(25(28)33)17-23(31)27-13-11-26(12-14-27)22(30)16-18-7-6-8-19(15-18)34-2/h4-10,15H,3,11-14,16-17H2,1-2H3. The molecule has 0 aliphatic carbocycles. The Hall–Kier alpha value is -3.88. The highest BCUT2D eigenvalue weighted by atomic mass is 16.5. The van der Waals surface area contributed by atoms with Gasteiger partial charge in [0.2, 0.25) is 11.8 Å². The number of benzene rings is 2. The van der Waals surface area contributed by atoms with E-state index in [1.807, 2.05) is 24.3 Å². The van der Waals surface area contributed by atoms with E-state index in [4.69, 9.17) is 4.74 Å². The maximum Gasteiger partial charge on any atom is 0.331 e. The third-order valence-corrected chi connectivity index (χ3v) is 6.22. The van der Waals surface area contributed by atoms with Gasteiger partial charge in [0.1, 0.15) is 12.3 Å². The molecule has 1 fully saturated rings. The van der Waals surface area contributed by atoms with Crippen molar-refractivity contribution >= 4 is 22.7 Å². The molecule has 0 N–H and O–H groups in total. The van der Waals surface area contributed by atoms with Gasteiger partial charge in [-0.1, -0.05) is 24.3 Å². The Labute approximate surface area is 196 Å². The quantitative estimate of drug-likeness (QED) is 0.545. The summed E-state index contributed by atoms with van der Waals surface area (Å²) >= 11 is 0. The molecule has 2 aromatic carbocycles. The first kappa shape index (κ1) is 23.3. The lowest BCUT2D eigenvalue weighted by atomic mass is 10.1. The Balaban J connectivity index is 1.43. The molecule has 4 rings (SSSR count). The summed E-state index contributed by atoms with van der Waals surface area (Å²) in [7, 11) is 1.59. The molecule has 0 atom stereocenters. The van der Waals surface area contributed by atoms with Crippen LogP contribution in [0.4, 0.5) is 0 Å². The Morgan fingerprint density at radius 3 is 2.24 bits per heavy atom. The summed E-state index contributed by atoms with van der Waals surface area (Å²) in [6.07, 6.45) is 0.269. The van der Waals surface area contributed by atoms with E-state index in [2.05, 4.69) is 0 Å². The minimum atomic E-state index is -0.494. The summed E-state index contributed by atoms with van der Waals surface area (Å²) in [5, 5.41) is 0.407. The lowest BCUT2D eigenvalue weighted by Crippen LogP contribution is -2.52. The molecular formula is C25H28N4O5. The number of carbonyl (C=O) groups is 2. The number of rotatable bonds is 6. The monoisotopic (exact) mass is 464 g/mol. The van der Waals surface area contributed by atoms with Crippen LogP contribution in [0.3, 0.4) is 0 Å². The van der Waals surface area contributed by atoms with Crippen LogP contribution in [0.2, 0.25) is 0 Å². The topological polar surface area (TPSA) is 93.9 Å². The second kappa shape index (κ2) is 9.94. The lowest BCUT2D eigenvalue weighted by molar-refractivity contribution is -0.139. The van der Waals surface area contributed by atoms with Gasteiger partial charge in [-0.05, 0) is 36.8 Å². The SMILES string of the molecule is CCn1c(=O)c2ccccc2n(CC(=O)N2CCN(C(=O)Cc3cccc(OC)c3)CC2)c1=O. The van der Waals surface area contributed by atoms with Gasteiger partial charge < -0.3 is 14.5 Å². The third kappa shape index (κ3) is 4.59. The second-order valence-electron chi connectivity index (χ2n) is 8.23. The number of fused-ring (bicyclic) bond motifs is 1. The van der Waals surface area contributed by atoms with Crippen molar-refractivity contribution in [2.75, 3.05) is 33.3 Å². The average Bonchev–Trinajstić information content (AvgIpc) is 2.87. The van der Waals surface area contributed by atoms with Gasteiger partial charge in [-0.2, -0.15) is 0 Å². The van der Waals surface area contributed by atoms with Gasteiger partial charge in [0.15, 0.2) is 0 Å². The molecule has 0 radical (unpaired) electrons. The Morgan fingerprint density at radius 2 is 1.56 bits per heavy atom. The second-order valence-corrected chi connectivity index (χ2v) is 8.23. The summed E-state index contributed by atoms with van der Waals surface area (Å²) in [6, 6.07) is 14.2. The van der Waals surface area contributed by atoms with Crippen molar-refractivity contribution in [2.45, 2.75) is 26.4 Å². The highest BCUT2D eigenvalue weighted by molar-refractivity contribution is 5.82. The Morgan fingerprint density at radius 1 is 0.882 bits per heavy atom. The summed E-state index contributed by atoms with van der Waals surface area (Å²) in [4.78, 5) is 54.7. The first-order valence-electron chi connectivity index (χ1n) is 11.3. The molecule has 9 heteroatoms.